The van der Waals surface area contributed by atoms with Gasteiger partial charge < -0.3 is 9.73 Å². The average molecular weight is 326 g/mol. The van der Waals surface area contributed by atoms with Crippen molar-refractivity contribution in [3.8, 4) is 11.5 Å². The van der Waals surface area contributed by atoms with E-state index in [4.69, 9.17) is 4.42 Å². The zero-order chi connectivity index (χ0) is 16.4. The highest BCUT2D eigenvalue weighted by Gasteiger charge is 2.28. The van der Waals surface area contributed by atoms with Gasteiger partial charge in [0, 0.05) is 57.4 Å². The van der Waals surface area contributed by atoms with Gasteiger partial charge in [0.25, 0.3) is 0 Å². The van der Waals surface area contributed by atoms with Crippen molar-refractivity contribution in [2.24, 2.45) is 0 Å². The lowest BCUT2D eigenvalue weighted by Gasteiger charge is -2.32. The van der Waals surface area contributed by atoms with E-state index in [1.807, 2.05) is 6.26 Å². The Bertz CT molecular complexity index is 660. The zero-order valence-electron chi connectivity index (χ0n) is 14.4. The molecule has 1 unspecified atom stereocenters. The summed E-state index contributed by atoms with van der Waals surface area (Å²) in [4.78, 5) is 9.82. The zero-order valence-corrected chi connectivity index (χ0v) is 14.4. The Morgan fingerprint density at radius 3 is 2.75 bits per heavy atom. The number of hydrogen-bond donors (Lipinski definition) is 1. The van der Waals surface area contributed by atoms with Crippen LogP contribution >= 0.6 is 0 Å². The van der Waals surface area contributed by atoms with Gasteiger partial charge in [0.15, 0.2) is 0 Å². The van der Waals surface area contributed by atoms with Crippen LogP contribution < -0.4 is 5.32 Å². The van der Waals surface area contributed by atoms with Crippen LogP contribution in [0, 0.1) is 6.92 Å². The first kappa shape index (κ1) is 15.8. The lowest BCUT2D eigenvalue weighted by molar-refractivity contribution is 0.170. The first-order valence-corrected chi connectivity index (χ1v) is 8.96. The number of nitrogens with one attached hydrogen (secondary N) is 1. The van der Waals surface area contributed by atoms with Gasteiger partial charge in [0.05, 0.1) is 5.69 Å². The van der Waals surface area contributed by atoms with Gasteiger partial charge in [-0.2, -0.15) is 0 Å². The maximum atomic E-state index is 5.69. The third-order valence-corrected chi connectivity index (χ3v) is 5.15. The molecule has 4 rings (SSSR count). The van der Waals surface area contributed by atoms with Crippen LogP contribution in [0.15, 0.2) is 34.9 Å². The van der Waals surface area contributed by atoms with E-state index < -0.39 is 0 Å². The van der Waals surface area contributed by atoms with Crippen LogP contribution in [0.3, 0.4) is 0 Å². The monoisotopic (exact) mass is 326 g/mol. The molecule has 2 aromatic rings. The molecule has 1 aromatic heterocycles. The molecule has 2 aliphatic rings. The minimum atomic E-state index is 0.704. The highest BCUT2D eigenvalue weighted by atomic mass is 16.3. The summed E-state index contributed by atoms with van der Waals surface area (Å²) < 4.78 is 5.69. The van der Waals surface area contributed by atoms with Gasteiger partial charge in [0.2, 0.25) is 5.89 Å². The molecule has 3 heterocycles. The maximum absolute atomic E-state index is 5.69. The van der Waals surface area contributed by atoms with Crippen molar-refractivity contribution < 1.29 is 4.42 Å². The lowest BCUT2D eigenvalue weighted by atomic mass is 10.1. The van der Waals surface area contributed by atoms with Crippen molar-refractivity contribution in [2.45, 2.75) is 25.9 Å². The van der Waals surface area contributed by atoms with Crippen LogP contribution in [0.1, 0.15) is 17.7 Å². The predicted octanol–water partition coefficient (Wildman–Crippen LogP) is 2.13. The Balaban J connectivity index is 1.35. The smallest absolute Gasteiger partial charge is 0.226 e. The molecular weight excluding hydrogens is 300 g/mol. The van der Waals surface area contributed by atoms with E-state index in [-0.39, 0.29) is 0 Å². The molecule has 1 aromatic carbocycles. The van der Waals surface area contributed by atoms with E-state index in [1.54, 1.807) is 0 Å². The average Bonchev–Trinajstić information content (AvgIpc) is 3.27. The van der Waals surface area contributed by atoms with Crippen LogP contribution in [0.5, 0.6) is 0 Å². The third-order valence-electron chi connectivity index (χ3n) is 5.15. The molecule has 24 heavy (non-hydrogen) atoms. The number of nitrogens with zero attached hydrogens (tertiary/aromatic N) is 3. The number of oxazole rings is 1. The Morgan fingerprint density at radius 2 is 1.96 bits per heavy atom. The van der Waals surface area contributed by atoms with Crippen molar-refractivity contribution in [1.82, 2.24) is 20.1 Å². The molecule has 0 saturated carbocycles. The number of aryl methyl sites for hydroxylation is 1. The Labute approximate surface area is 143 Å². The highest BCUT2D eigenvalue weighted by Crippen LogP contribution is 2.22. The Hall–Kier alpha value is -1.69. The van der Waals surface area contributed by atoms with Crippen LogP contribution in [-0.4, -0.2) is 60.1 Å². The molecule has 0 spiro atoms. The summed E-state index contributed by atoms with van der Waals surface area (Å²) in [6.07, 6.45) is 3.08. The number of hydrogen-bond acceptors (Lipinski definition) is 5. The molecule has 5 nitrogen and oxygen atoms in total. The molecule has 1 N–H and O–H groups in total. The second-order valence-corrected chi connectivity index (χ2v) is 6.97. The largest absolute Gasteiger partial charge is 0.444 e. The van der Waals surface area contributed by atoms with Gasteiger partial charge in [-0.1, -0.05) is 17.7 Å². The number of rotatable bonds is 4. The SMILES string of the molecule is Cc1ccc(-c2nc(CN3CCC(N4CCNCC4)C3)co2)cc1. The van der Waals surface area contributed by atoms with Crippen LogP contribution in [0.2, 0.25) is 0 Å². The van der Waals surface area contributed by atoms with E-state index in [1.165, 1.54) is 25.1 Å². The summed E-state index contributed by atoms with van der Waals surface area (Å²) in [7, 11) is 0. The summed E-state index contributed by atoms with van der Waals surface area (Å²) >= 11 is 0. The first-order valence-electron chi connectivity index (χ1n) is 8.96. The minimum absolute atomic E-state index is 0.704. The topological polar surface area (TPSA) is 44.5 Å². The normalized spacial score (nSPS) is 23.0. The molecule has 2 fully saturated rings. The molecule has 0 amide bonds. The van der Waals surface area contributed by atoms with Gasteiger partial charge in [-0.25, -0.2) is 4.98 Å². The van der Waals surface area contributed by atoms with E-state index in [9.17, 15) is 0 Å². The molecule has 2 aliphatic heterocycles. The molecule has 0 bridgehead atoms. The Morgan fingerprint density at radius 1 is 1.17 bits per heavy atom. The predicted molar refractivity (Wildman–Crippen MR) is 94.8 cm³/mol. The summed E-state index contributed by atoms with van der Waals surface area (Å²) in [5.74, 6) is 0.725. The lowest BCUT2D eigenvalue weighted by Crippen LogP contribution is -2.49. The summed E-state index contributed by atoms with van der Waals surface area (Å²) in [6, 6.07) is 9.04. The van der Waals surface area contributed by atoms with E-state index in [0.717, 1.165) is 49.9 Å². The number of piperazine rings is 1. The molecule has 128 valence electrons. The molecule has 0 aliphatic carbocycles. The Kier molecular flexibility index (Phi) is 4.65. The number of aromatic nitrogens is 1. The minimum Gasteiger partial charge on any atom is -0.444 e. The van der Waals surface area contributed by atoms with Crippen molar-refractivity contribution in [3.05, 3.63) is 41.8 Å². The van der Waals surface area contributed by atoms with Crippen LogP contribution in [0.4, 0.5) is 0 Å². The first-order chi connectivity index (χ1) is 11.8. The van der Waals surface area contributed by atoms with Crippen LogP contribution in [0.25, 0.3) is 11.5 Å². The quantitative estimate of drug-likeness (QED) is 0.932. The van der Waals surface area contributed by atoms with Gasteiger partial charge in [-0.3, -0.25) is 9.80 Å². The fraction of sp³-hybridized carbons (Fsp3) is 0.526. The molecule has 5 heteroatoms. The molecule has 0 radical (unpaired) electrons. The van der Waals surface area contributed by atoms with Gasteiger partial charge in [0.1, 0.15) is 6.26 Å². The third kappa shape index (κ3) is 3.53. The van der Waals surface area contributed by atoms with Gasteiger partial charge >= 0.3 is 0 Å². The second kappa shape index (κ2) is 7.05. The van der Waals surface area contributed by atoms with Crippen LogP contribution in [-0.2, 0) is 6.54 Å². The van der Waals surface area contributed by atoms with E-state index >= 15 is 0 Å². The molecule has 2 saturated heterocycles. The molecular formula is C19H26N4O. The fourth-order valence-electron chi connectivity index (χ4n) is 3.74. The van der Waals surface area contributed by atoms with Crippen molar-refractivity contribution in [3.63, 3.8) is 0 Å². The van der Waals surface area contributed by atoms with Gasteiger partial charge in [-0.05, 0) is 25.5 Å². The van der Waals surface area contributed by atoms with Crippen molar-refractivity contribution in [2.75, 3.05) is 39.3 Å². The number of benzene rings is 1. The van der Waals surface area contributed by atoms with Gasteiger partial charge in [-0.15, -0.1) is 0 Å². The fourth-order valence-corrected chi connectivity index (χ4v) is 3.74. The summed E-state index contributed by atoms with van der Waals surface area (Å²) in [5, 5.41) is 3.43. The highest BCUT2D eigenvalue weighted by molar-refractivity contribution is 5.53. The summed E-state index contributed by atoms with van der Waals surface area (Å²) in [5.41, 5.74) is 3.33. The molecule has 1 atom stereocenters. The summed E-state index contributed by atoms with van der Waals surface area (Å²) in [6.45, 7) is 9.89. The standard InChI is InChI=1S/C19H26N4O/c1-15-2-4-16(5-3-15)19-21-17(14-24-19)12-22-9-6-18(13-22)23-10-7-20-8-11-23/h2-5,14,18,20H,6-13H2,1H3. The van der Waals surface area contributed by atoms with E-state index in [2.05, 4.69) is 51.3 Å². The maximum Gasteiger partial charge on any atom is 0.226 e. The van der Waals surface area contributed by atoms with E-state index in [0.29, 0.717) is 6.04 Å². The van der Waals surface area contributed by atoms with Crippen molar-refractivity contribution in [1.29, 1.82) is 0 Å². The number of likely N-dealkylation sites (tertiary alicyclic amines) is 1. The second-order valence-electron chi connectivity index (χ2n) is 6.97. The van der Waals surface area contributed by atoms with Crippen molar-refractivity contribution >= 4 is 0 Å².